The van der Waals surface area contributed by atoms with Crippen LogP contribution in [0.15, 0.2) is 12.3 Å². The van der Waals surface area contributed by atoms with Crippen LogP contribution in [0.25, 0.3) is 0 Å². The van der Waals surface area contributed by atoms with Gasteiger partial charge in [0.05, 0.1) is 6.20 Å². The molecule has 3 heteroatoms. The Morgan fingerprint density at radius 3 is 2.93 bits per heavy atom. The summed E-state index contributed by atoms with van der Waals surface area (Å²) in [6.45, 7) is 3.48. The molecule has 1 aromatic rings. The summed E-state index contributed by atoms with van der Waals surface area (Å²) >= 11 is 0. The lowest BCUT2D eigenvalue weighted by molar-refractivity contribution is 0.268. The van der Waals surface area contributed by atoms with E-state index in [4.69, 9.17) is 0 Å². The van der Waals surface area contributed by atoms with E-state index in [9.17, 15) is 0 Å². The lowest BCUT2D eigenvalue weighted by Crippen LogP contribution is -2.25. The van der Waals surface area contributed by atoms with Crippen molar-refractivity contribution < 1.29 is 0 Å². The van der Waals surface area contributed by atoms with Gasteiger partial charge in [0.15, 0.2) is 0 Å². The molecule has 0 aliphatic heterocycles. The van der Waals surface area contributed by atoms with Crippen LogP contribution in [0.5, 0.6) is 0 Å². The number of rotatable bonds is 3. The van der Waals surface area contributed by atoms with Crippen LogP contribution < -0.4 is 5.32 Å². The molecule has 0 spiro atoms. The third-order valence-corrected chi connectivity index (χ3v) is 3.66. The first-order valence-corrected chi connectivity index (χ1v) is 5.99. The second kappa shape index (κ2) is 4.69. The summed E-state index contributed by atoms with van der Waals surface area (Å²) in [7, 11) is 1.98. The second-order valence-corrected chi connectivity index (χ2v) is 4.74. The molecule has 0 bridgehead atoms. The molecule has 2 atom stereocenters. The molecule has 1 N–H and O–H groups in total. The van der Waals surface area contributed by atoms with Crippen LogP contribution in [0.3, 0.4) is 0 Å². The zero-order valence-corrected chi connectivity index (χ0v) is 9.74. The Labute approximate surface area is 91.9 Å². The van der Waals surface area contributed by atoms with Gasteiger partial charge in [0.2, 0.25) is 0 Å². The van der Waals surface area contributed by atoms with Crippen molar-refractivity contribution in [1.29, 1.82) is 0 Å². The molecule has 1 saturated carbocycles. The molecule has 1 heterocycles. The average Bonchev–Trinajstić information content (AvgIpc) is 2.63. The van der Waals surface area contributed by atoms with Crippen molar-refractivity contribution in [2.45, 2.75) is 32.6 Å². The summed E-state index contributed by atoms with van der Waals surface area (Å²) in [5.41, 5.74) is 0. The predicted octanol–water partition coefficient (Wildman–Crippen LogP) is 2.66. The fourth-order valence-electron chi connectivity index (χ4n) is 2.48. The molecule has 2 unspecified atom stereocenters. The zero-order valence-electron chi connectivity index (χ0n) is 9.74. The van der Waals surface area contributed by atoms with Crippen molar-refractivity contribution in [2.75, 3.05) is 11.9 Å². The molecule has 3 nitrogen and oxygen atoms in total. The van der Waals surface area contributed by atoms with E-state index in [-0.39, 0.29) is 0 Å². The van der Waals surface area contributed by atoms with Crippen LogP contribution in [-0.2, 0) is 7.05 Å². The Kier molecular flexibility index (Phi) is 3.29. The number of aryl methyl sites for hydroxylation is 1. The quantitative estimate of drug-likeness (QED) is 0.825. The number of hydrogen-bond acceptors (Lipinski definition) is 2. The molecule has 2 rings (SSSR count). The molecule has 0 amide bonds. The number of nitrogens with zero attached hydrogens (tertiary/aromatic N) is 2. The second-order valence-electron chi connectivity index (χ2n) is 4.74. The number of nitrogens with one attached hydrogen (secondary N) is 1. The third-order valence-electron chi connectivity index (χ3n) is 3.66. The van der Waals surface area contributed by atoms with Gasteiger partial charge in [0, 0.05) is 19.7 Å². The maximum atomic E-state index is 4.15. The van der Waals surface area contributed by atoms with Gasteiger partial charge in [-0.2, -0.15) is 5.10 Å². The first-order chi connectivity index (χ1) is 7.27. The molecule has 1 aliphatic rings. The van der Waals surface area contributed by atoms with Gasteiger partial charge in [-0.15, -0.1) is 0 Å². The molecular weight excluding hydrogens is 186 g/mol. The molecule has 0 aromatic carbocycles. The molecule has 0 radical (unpaired) electrons. The number of aromatic nitrogens is 2. The lowest BCUT2D eigenvalue weighted by Gasteiger charge is -2.29. The predicted molar refractivity (Wildman–Crippen MR) is 62.8 cm³/mol. The highest BCUT2D eigenvalue weighted by Crippen LogP contribution is 2.29. The molecule has 1 aliphatic carbocycles. The van der Waals surface area contributed by atoms with Crippen LogP contribution in [0.1, 0.15) is 32.6 Å². The summed E-state index contributed by atoms with van der Waals surface area (Å²) in [5.74, 6) is 2.85. The van der Waals surface area contributed by atoms with E-state index >= 15 is 0 Å². The molecule has 1 fully saturated rings. The summed E-state index contributed by atoms with van der Waals surface area (Å²) < 4.78 is 1.90. The molecule has 15 heavy (non-hydrogen) atoms. The normalized spacial score (nSPS) is 26.5. The first-order valence-electron chi connectivity index (χ1n) is 5.99. The average molecular weight is 207 g/mol. The van der Waals surface area contributed by atoms with E-state index in [2.05, 4.69) is 17.3 Å². The van der Waals surface area contributed by atoms with Crippen LogP contribution in [-0.4, -0.2) is 16.3 Å². The first kappa shape index (κ1) is 10.5. The van der Waals surface area contributed by atoms with Gasteiger partial charge in [0.25, 0.3) is 0 Å². The Hall–Kier alpha value is -0.990. The Balaban J connectivity index is 1.84. The highest BCUT2D eigenvalue weighted by molar-refractivity contribution is 5.33. The van der Waals surface area contributed by atoms with E-state index in [0.717, 1.165) is 24.2 Å². The molecule has 84 valence electrons. The summed E-state index contributed by atoms with van der Waals surface area (Å²) in [6, 6.07) is 2.04. The number of hydrogen-bond donors (Lipinski definition) is 1. The summed E-state index contributed by atoms with van der Waals surface area (Å²) in [6.07, 6.45) is 7.45. The van der Waals surface area contributed by atoms with E-state index in [1.807, 2.05) is 24.0 Å². The van der Waals surface area contributed by atoms with Gasteiger partial charge in [-0.3, -0.25) is 4.68 Å². The van der Waals surface area contributed by atoms with Crippen LogP contribution in [0.4, 0.5) is 5.82 Å². The van der Waals surface area contributed by atoms with Crippen molar-refractivity contribution >= 4 is 5.82 Å². The molecular formula is C12H21N3. The van der Waals surface area contributed by atoms with E-state index in [1.54, 1.807) is 0 Å². The van der Waals surface area contributed by atoms with Crippen LogP contribution >= 0.6 is 0 Å². The van der Waals surface area contributed by atoms with Gasteiger partial charge in [0.1, 0.15) is 5.82 Å². The van der Waals surface area contributed by atoms with Gasteiger partial charge < -0.3 is 5.32 Å². The van der Waals surface area contributed by atoms with Crippen LogP contribution in [0, 0.1) is 11.8 Å². The minimum absolute atomic E-state index is 0.841. The topological polar surface area (TPSA) is 29.9 Å². The highest BCUT2D eigenvalue weighted by Gasteiger charge is 2.20. The largest absolute Gasteiger partial charge is 0.370 e. The van der Waals surface area contributed by atoms with Gasteiger partial charge >= 0.3 is 0 Å². The SMILES string of the molecule is CC1CCCCC1CNc1ccnn1C. The van der Waals surface area contributed by atoms with E-state index in [0.29, 0.717) is 0 Å². The minimum atomic E-state index is 0.841. The van der Waals surface area contributed by atoms with Crippen LogP contribution in [0.2, 0.25) is 0 Å². The maximum Gasteiger partial charge on any atom is 0.123 e. The van der Waals surface area contributed by atoms with Gasteiger partial charge in [-0.25, -0.2) is 0 Å². The zero-order chi connectivity index (χ0) is 10.7. The van der Waals surface area contributed by atoms with Gasteiger partial charge in [-0.1, -0.05) is 26.2 Å². The fourth-order valence-corrected chi connectivity index (χ4v) is 2.48. The Morgan fingerprint density at radius 2 is 2.27 bits per heavy atom. The molecule has 0 saturated heterocycles. The Morgan fingerprint density at radius 1 is 1.47 bits per heavy atom. The maximum absolute atomic E-state index is 4.15. The molecule has 1 aromatic heterocycles. The van der Waals surface area contributed by atoms with E-state index in [1.165, 1.54) is 25.7 Å². The van der Waals surface area contributed by atoms with Crippen molar-refractivity contribution in [2.24, 2.45) is 18.9 Å². The fraction of sp³-hybridized carbons (Fsp3) is 0.750. The van der Waals surface area contributed by atoms with Crippen molar-refractivity contribution in [3.8, 4) is 0 Å². The van der Waals surface area contributed by atoms with Crippen molar-refractivity contribution in [1.82, 2.24) is 9.78 Å². The van der Waals surface area contributed by atoms with E-state index < -0.39 is 0 Å². The lowest BCUT2D eigenvalue weighted by atomic mass is 9.80. The smallest absolute Gasteiger partial charge is 0.123 e. The van der Waals surface area contributed by atoms with Crippen molar-refractivity contribution in [3.05, 3.63) is 12.3 Å². The summed E-state index contributed by atoms with van der Waals surface area (Å²) in [4.78, 5) is 0. The standard InChI is InChI=1S/C12H21N3/c1-10-5-3-4-6-11(10)9-13-12-7-8-14-15(12)2/h7-8,10-11,13H,3-6,9H2,1-2H3. The summed E-state index contributed by atoms with van der Waals surface area (Å²) in [5, 5.41) is 7.65. The minimum Gasteiger partial charge on any atom is -0.370 e. The number of anilines is 1. The monoisotopic (exact) mass is 207 g/mol. The van der Waals surface area contributed by atoms with Gasteiger partial charge in [-0.05, 0) is 18.3 Å². The Bertz CT molecular complexity index is 306. The van der Waals surface area contributed by atoms with Crippen molar-refractivity contribution in [3.63, 3.8) is 0 Å². The highest BCUT2D eigenvalue weighted by atomic mass is 15.3. The third kappa shape index (κ3) is 2.52.